The molecular formula is C25H36N2. The summed E-state index contributed by atoms with van der Waals surface area (Å²) in [5.41, 5.74) is 5.72. The minimum atomic E-state index is 0.723. The standard InChI is InChI=1S/C13H19N.C12H17N/c1-3-5-10(2)12-8-7-11-6-4-9-14-13(11)12;1-3-9(2)11-7-6-10-5-4-8-13-12(10)11/h4,6,9-10,12H,3,5,7-8H2,1-2H3;4-5,8-9,11H,3,6-7H2,1-2H3. The molecule has 2 heterocycles. The Kier molecular flexibility index (Phi) is 7.04. The van der Waals surface area contributed by atoms with Crippen LogP contribution >= 0.6 is 0 Å². The Bertz CT molecular complexity index is 724. The van der Waals surface area contributed by atoms with Gasteiger partial charge in [-0.15, -0.1) is 0 Å². The minimum absolute atomic E-state index is 0.723. The van der Waals surface area contributed by atoms with E-state index in [2.05, 4.69) is 61.9 Å². The highest BCUT2D eigenvalue weighted by molar-refractivity contribution is 5.29. The first-order valence-corrected chi connectivity index (χ1v) is 11.0. The highest BCUT2D eigenvalue weighted by atomic mass is 14.7. The molecule has 2 heteroatoms. The van der Waals surface area contributed by atoms with Crippen molar-refractivity contribution in [1.29, 1.82) is 0 Å². The number of hydrogen-bond donors (Lipinski definition) is 0. The van der Waals surface area contributed by atoms with Gasteiger partial charge in [-0.3, -0.25) is 9.97 Å². The van der Waals surface area contributed by atoms with E-state index in [0.29, 0.717) is 0 Å². The van der Waals surface area contributed by atoms with E-state index < -0.39 is 0 Å². The number of pyridine rings is 2. The van der Waals surface area contributed by atoms with Crippen LogP contribution in [0.3, 0.4) is 0 Å². The first kappa shape index (κ1) is 20.0. The van der Waals surface area contributed by atoms with Gasteiger partial charge >= 0.3 is 0 Å². The van der Waals surface area contributed by atoms with Gasteiger partial charge in [-0.1, -0.05) is 59.1 Å². The van der Waals surface area contributed by atoms with E-state index in [0.717, 1.165) is 23.7 Å². The molecule has 2 aromatic rings. The molecule has 0 radical (unpaired) electrons. The first-order valence-electron chi connectivity index (χ1n) is 11.0. The van der Waals surface area contributed by atoms with Crippen molar-refractivity contribution >= 4 is 0 Å². The molecule has 0 aromatic carbocycles. The maximum Gasteiger partial charge on any atom is 0.0469 e. The third-order valence-corrected chi connectivity index (χ3v) is 6.77. The molecule has 4 atom stereocenters. The second-order valence-electron chi connectivity index (χ2n) is 8.54. The largest absolute Gasteiger partial charge is 0.261 e. The van der Waals surface area contributed by atoms with Gasteiger partial charge in [0.1, 0.15) is 0 Å². The molecule has 2 aliphatic carbocycles. The predicted molar refractivity (Wildman–Crippen MR) is 114 cm³/mol. The van der Waals surface area contributed by atoms with Crippen molar-refractivity contribution in [3.63, 3.8) is 0 Å². The summed E-state index contributed by atoms with van der Waals surface area (Å²) in [5.74, 6) is 3.04. The van der Waals surface area contributed by atoms with E-state index in [-0.39, 0.29) is 0 Å². The van der Waals surface area contributed by atoms with Crippen LogP contribution in [0, 0.1) is 11.8 Å². The Labute approximate surface area is 165 Å². The number of aryl methyl sites for hydroxylation is 2. The molecule has 0 amide bonds. The molecule has 0 bridgehead atoms. The molecule has 0 N–H and O–H groups in total. The summed E-state index contributed by atoms with van der Waals surface area (Å²) in [4.78, 5) is 9.05. The van der Waals surface area contributed by atoms with Gasteiger partial charge in [0.25, 0.3) is 0 Å². The van der Waals surface area contributed by atoms with E-state index in [9.17, 15) is 0 Å². The van der Waals surface area contributed by atoms with Gasteiger partial charge in [-0.05, 0) is 60.8 Å². The molecule has 0 spiro atoms. The maximum absolute atomic E-state index is 4.54. The van der Waals surface area contributed by atoms with E-state index in [4.69, 9.17) is 0 Å². The predicted octanol–water partition coefficient (Wildman–Crippen LogP) is 6.71. The molecule has 0 fully saturated rings. The van der Waals surface area contributed by atoms with Crippen LogP contribution in [-0.2, 0) is 12.8 Å². The van der Waals surface area contributed by atoms with E-state index in [1.165, 1.54) is 67.5 Å². The SMILES string of the molecule is CCC(C)C1CCc2cccnc21.CCCC(C)C1CCc2cccnc21. The Balaban J connectivity index is 0.000000156. The minimum Gasteiger partial charge on any atom is -0.261 e. The zero-order valence-corrected chi connectivity index (χ0v) is 17.6. The molecule has 27 heavy (non-hydrogen) atoms. The lowest BCUT2D eigenvalue weighted by atomic mass is 9.88. The van der Waals surface area contributed by atoms with Gasteiger partial charge in [-0.25, -0.2) is 0 Å². The Morgan fingerprint density at radius 3 is 1.85 bits per heavy atom. The normalized spacial score (nSPS) is 22.4. The molecule has 2 aliphatic rings. The molecular weight excluding hydrogens is 328 g/mol. The van der Waals surface area contributed by atoms with Crippen LogP contribution < -0.4 is 0 Å². The van der Waals surface area contributed by atoms with Crippen molar-refractivity contribution in [2.24, 2.45) is 11.8 Å². The monoisotopic (exact) mass is 364 g/mol. The topological polar surface area (TPSA) is 25.8 Å². The van der Waals surface area contributed by atoms with E-state index in [1.54, 1.807) is 0 Å². The fourth-order valence-electron chi connectivity index (χ4n) is 4.94. The average molecular weight is 365 g/mol. The third kappa shape index (κ3) is 4.59. The van der Waals surface area contributed by atoms with Crippen LogP contribution in [0.2, 0.25) is 0 Å². The number of fused-ring (bicyclic) bond motifs is 2. The first-order chi connectivity index (χ1) is 13.2. The van der Waals surface area contributed by atoms with Gasteiger partial charge in [0.05, 0.1) is 0 Å². The summed E-state index contributed by atoms with van der Waals surface area (Å²) < 4.78 is 0. The smallest absolute Gasteiger partial charge is 0.0469 e. The van der Waals surface area contributed by atoms with Gasteiger partial charge in [0, 0.05) is 35.6 Å². The molecule has 0 saturated carbocycles. The quantitative estimate of drug-likeness (QED) is 0.589. The van der Waals surface area contributed by atoms with Crippen molar-refractivity contribution in [3.05, 3.63) is 59.2 Å². The van der Waals surface area contributed by atoms with Gasteiger partial charge in [0.15, 0.2) is 0 Å². The second-order valence-corrected chi connectivity index (χ2v) is 8.54. The zero-order chi connectivity index (χ0) is 19.2. The Hall–Kier alpha value is -1.70. The van der Waals surface area contributed by atoms with Crippen molar-refractivity contribution in [1.82, 2.24) is 9.97 Å². The van der Waals surface area contributed by atoms with Crippen LogP contribution in [0.5, 0.6) is 0 Å². The molecule has 0 saturated heterocycles. The van der Waals surface area contributed by atoms with Crippen LogP contribution in [0.1, 0.15) is 94.1 Å². The summed E-state index contributed by atoms with van der Waals surface area (Å²) >= 11 is 0. The van der Waals surface area contributed by atoms with Crippen LogP contribution in [0.4, 0.5) is 0 Å². The molecule has 4 unspecified atom stereocenters. The highest BCUT2D eigenvalue weighted by Gasteiger charge is 2.28. The molecule has 146 valence electrons. The Morgan fingerprint density at radius 1 is 0.852 bits per heavy atom. The highest BCUT2D eigenvalue weighted by Crippen LogP contribution is 2.39. The van der Waals surface area contributed by atoms with Crippen LogP contribution in [0.15, 0.2) is 36.7 Å². The zero-order valence-electron chi connectivity index (χ0n) is 17.6. The molecule has 0 aliphatic heterocycles. The van der Waals surface area contributed by atoms with Crippen molar-refractivity contribution < 1.29 is 0 Å². The summed E-state index contributed by atoms with van der Waals surface area (Å²) in [6.07, 6.45) is 12.9. The van der Waals surface area contributed by atoms with Gasteiger partial charge in [0.2, 0.25) is 0 Å². The fourth-order valence-corrected chi connectivity index (χ4v) is 4.94. The van der Waals surface area contributed by atoms with Crippen molar-refractivity contribution in [2.75, 3.05) is 0 Å². The average Bonchev–Trinajstić information content (AvgIpc) is 3.32. The maximum atomic E-state index is 4.54. The van der Waals surface area contributed by atoms with Gasteiger partial charge < -0.3 is 0 Å². The second kappa shape index (κ2) is 9.48. The Morgan fingerprint density at radius 2 is 1.37 bits per heavy atom. The number of hydrogen-bond acceptors (Lipinski definition) is 2. The number of aromatic nitrogens is 2. The van der Waals surface area contributed by atoms with Crippen molar-refractivity contribution in [3.8, 4) is 0 Å². The van der Waals surface area contributed by atoms with Crippen molar-refractivity contribution in [2.45, 2.75) is 84.5 Å². The lowest BCUT2D eigenvalue weighted by Crippen LogP contribution is -2.07. The van der Waals surface area contributed by atoms with Crippen LogP contribution in [0.25, 0.3) is 0 Å². The summed E-state index contributed by atoms with van der Waals surface area (Å²) in [7, 11) is 0. The lowest BCUT2D eigenvalue weighted by Gasteiger charge is -2.18. The number of rotatable bonds is 5. The molecule has 4 rings (SSSR count). The summed E-state index contributed by atoms with van der Waals surface area (Å²) in [5, 5.41) is 0. The lowest BCUT2D eigenvalue weighted by molar-refractivity contribution is 0.417. The van der Waals surface area contributed by atoms with Gasteiger partial charge in [-0.2, -0.15) is 0 Å². The third-order valence-electron chi connectivity index (χ3n) is 6.77. The fraction of sp³-hybridized carbons (Fsp3) is 0.600. The molecule has 2 aromatic heterocycles. The van der Waals surface area contributed by atoms with E-state index >= 15 is 0 Å². The van der Waals surface area contributed by atoms with Crippen LogP contribution in [-0.4, -0.2) is 9.97 Å². The summed E-state index contributed by atoms with van der Waals surface area (Å²) in [6.45, 7) is 9.25. The number of nitrogens with zero attached hydrogens (tertiary/aromatic N) is 2. The summed E-state index contributed by atoms with van der Waals surface area (Å²) in [6, 6.07) is 8.58. The van der Waals surface area contributed by atoms with E-state index in [1.807, 2.05) is 12.4 Å². The molecule has 2 nitrogen and oxygen atoms in total.